The first-order chi connectivity index (χ1) is 15.5. The number of imide groups is 1. The third-order valence-electron chi connectivity index (χ3n) is 4.70. The number of carbonyl (C=O) groups is 3. The van der Waals surface area contributed by atoms with Crippen molar-refractivity contribution < 1.29 is 28.6 Å². The van der Waals surface area contributed by atoms with Crippen molar-refractivity contribution in [2.45, 2.75) is 19.8 Å². The summed E-state index contributed by atoms with van der Waals surface area (Å²) in [5.41, 5.74) is 1.86. The molecular weight excluding hydrogens is 430 g/mol. The van der Waals surface area contributed by atoms with Crippen molar-refractivity contribution >= 4 is 35.0 Å². The minimum absolute atomic E-state index is 0.238. The molecule has 1 aliphatic heterocycles. The lowest BCUT2D eigenvalue weighted by Crippen LogP contribution is -2.29. The molecule has 0 bridgehead atoms. The molecule has 2 aromatic rings. The Morgan fingerprint density at radius 3 is 2.56 bits per heavy atom. The van der Waals surface area contributed by atoms with E-state index in [0.29, 0.717) is 41.5 Å². The van der Waals surface area contributed by atoms with Gasteiger partial charge in [-0.15, -0.1) is 0 Å². The fraction of sp³-hybridized carbons (Fsp3) is 0.292. The molecule has 0 aliphatic carbocycles. The van der Waals surface area contributed by atoms with E-state index in [4.69, 9.17) is 9.47 Å². The van der Waals surface area contributed by atoms with Gasteiger partial charge in [0.25, 0.3) is 11.1 Å². The van der Waals surface area contributed by atoms with Crippen LogP contribution >= 0.6 is 11.8 Å². The van der Waals surface area contributed by atoms with E-state index in [2.05, 4.69) is 4.74 Å². The van der Waals surface area contributed by atoms with Crippen LogP contribution in [0.25, 0.3) is 6.08 Å². The quantitative estimate of drug-likeness (QED) is 0.390. The zero-order chi connectivity index (χ0) is 22.9. The zero-order valence-electron chi connectivity index (χ0n) is 18.0. The number of methoxy groups -OCH3 is 1. The number of hydrogen-bond donors (Lipinski definition) is 0. The van der Waals surface area contributed by atoms with Crippen LogP contribution in [0.5, 0.6) is 11.5 Å². The molecule has 0 N–H and O–H groups in total. The average molecular weight is 456 g/mol. The highest BCUT2D eigenvalue weighted by molar-refractivity contribution is 8.18. The molecule has 2 amide bonds. The normalized spacial score (nSPS) is 14.7. The summed E-state index contributed by atoms with van der Waals surface area (Å²) in [7, 11) is 1.28. The van der Waals surface area contributed by atoms with Gasteiger partial charge >= 0.3 is 5.97 Å². The predicted octanol–water partition coefficient (Wildman–Crippen LogP) is 4.31. The van der Waals surface area contributed by atoms with Gasteiger partial charge in [0.05, 0.1) is 18.6 Å². The summed E-state index contributed by atoms with van der Waals surface area (Å²) in [6, 6.07) is 15.1. The topological polar surface area (TPSA) is 82.1 Å². The van der Waals surface area contributed by atoms with Crippen LogP contribution in [-0.4, -0.2) is 48.9 Å². The predicted molar refractivity (Wildman–Crippen MR) is 123 cm³/mol. The van der Waals surface area contributed by atoms with Crippen LogP contribution in [0.15, 0.2) is 53.4 Å². The van der Waals surface area contributed by atoms with Crippen LogP contribution in [0.2, 0.25) is 0 Å². The molecule has 1 heterocycles. The number of thioether (sulfide) groups is 1. The third-order valence-corrected chi connectivity index (χ3v) is 5.61. The lowest BCUT2D eigenvalue weighted by atomic mass is 10.1. The summed E-state index contributed by atoms with van der Waals surface area (Å²) in [4.78, 5) is 38.1. The van der Waals surface area contributed by atoms with Gasteiger partial charge < -0.3 is 14.2 Å². The smallest absolute Gasteiger partial charge is 0.343 e. The highest BCUT2D eigenvalue weighted by Crippen LogP contribution is 2.34. The molecule has 0 aromatic heterocycles. The number of hydrogen-bond acceptors (Lipinski definition) is 7. The lowest BCUT2D eigenvalue weighted by Gasteiger charge is -2.12. The maximum Gasteiger partial charge on any atom is 0.343 e. The van der Waals surface area contributed by atoms with Gasteiger partial charge in [-0.2, -0.15) is 0 Å². The summed E-state index contributed by atoms with van der Waals surface area (Å²) < 4.78 is 15.6. The Balaban J connectivity index is 1.67. The Kier molecular flexibility index (Phi) is 8.33. The number of rotatable bonds is 10. The number of ether oxygens (including phenoxy) is 3. The molecule has 1 aliphatic rings. The van der Waals surface area contributed by atoms with Crippen molar-refractivity contribution in [2.24, 2.45) is 0 Å². The molecule has 8 heteroatoms. The van der Waals surface area contributed by atoms with Crippen molar-refractivity contribution in [3.05, 3.63) is 64.6 Å². The summed E-state index contributed by atoms with van der Waals surface area (Å²) in [5.74, 6) is 0.0326. The lowest BCUT2D eigenvalue weighted by molar-refractivity contribution is -0.142. The molecule has 0 atom stereocenters. The fourth-order valence-electron chi connectivity index (χ4n) is 3.13. The molecule has 2 aromatic carbocycles. The number of amides is 2. The Labute approximate surface area is 191 Å². The molecule has 0 radical (unpaired) electrons. The van der Waals surface area contributed by atoms with Gasteiger partial charge in [0.2, 0.25) is 0 Å². The number of aryl methyl sites for hydroxylation is 1. The van der Waals surface area contributed by atoms with Crippen LogP contribution in [0.3, 0.4) is 0 Å². The van der Waals surface area contributed by atoms with Gasteiger partial charge in [-0.25, -0.2) is 4.79 Å². The summed E-state index contributed by atoms with van der Waals surface area (Å²) in [6.45, 7) is 2.37. The Hall–Kier alpha value is -3.26. The van der Waals surface area contributed by atoms with Gasteiger partial charge in [-0.1, -0.05) is 36.4 Å². The Morgan fingerprint density at radius 1 is 1.06 bits per heavy atom. The van der Waals surface area contributed by atoms with E-state index >= 15 is 0 Å². The van der Waals surface area contributed by atoms with Crippen LogP contribution < -0.4 is 9.47 Å². The van der Waals surface area contributed by atoms with Gasteiger partial charge in [0.1, 0.15) is 0 Å². The molecule has 7 nitrogen and oxygen atoms in total. The number of carbonyl (C=O) groups excluding carboxylic acids is 3. The van der Waals surface area contributed by atoms with E-state index in [1.54, 1.807) is 24.3 Å². The second kappa shape index (κ2) is 11.4. The van der Waals surface area contributed by atoms with Gasteiger partial charge in [-0.3, -0.25) is 14.5 Å². The number of esters is 1. The molecule has 0 saturated carbocycles. The van der Waals surface area contributed by atoms with Gasteiger partial charge in [0, 0.05) is 6.54 Å². The van der Waals surface area contributed by atoms with Crippen molar-refractivity contribution in [3.8, 4) is 11.5 Å². The molecule has 3 rings (SSSR count). The maximum absolute atomic E-state index is 12.8. The molecule has 1 saturated heterocycles. The fourth-order valence-corrected chi connectivity index (χ4v) is 3.99. The zero-order valence-corrected chi connectivity index (χ0v) is 18.9. The molecule has 0 spiro atoms. The SMILES string of the molecule is CCOc1cc(/C=C2/SC(=O)N(CCCc3ccccc3)C2=O)ccc1OCC(=O)OC. The molecule has 168 valence electrons. The largest absolute Gasteiger partial charge is 0.490 e. The van der Waals surface area contributed by atoms with Crippen LogP contribution in [0, 0.1) is 0 Å². The summed E-state index contributed by atoms with van der Waals surface area (Å²) >= 11 is 0.929. The minimum atomic E-state index is -0.502. The standard InChI is InChI=1S/C24H25NO6S/c1-3-30-20-14-18(11-12-19(20)31-16-22(26)29-2)15-21-23(27)25(24(28)32-21)13-7-10-17-8-5-4-6-9-17/h4-6,8-9,11-12,14-15H,3,7,10,13,16H2,1-2H3/b21-15+. The summed E-state index contributed by atoms with van der Waals surface area (Å²) in [6.07, 6.45) is 3.16. The molecule has 0 unspecified atom stereocenters. The van der Waals surface area contributed by atoms with E-state index < -0.39 is 5.97 Å². The second-order valence-corrected chi connectivity index (χ2v) is 7.92. The van der Waals surface area contributed by atoms with E-state index in [1.807, 2.05) is 37.3 Å². The molecule has 1 fully saturated rings. The minimum Gasteiger partial charge on any atom is -0.490 e. The second-order valence-electron chi connectivity index (χ2n) is 6.93. The maximum atomic E-state index is 12.8. The van der Waals surface area contributed by atoms with Crippen molar-refractivity contribution in [1.29, 1.82) is 0 Å². The first-order valence-electron chi connectivity index (χ1n) is 10.3. The van der Waals surface area contributed by atoms with E-state index in [0.717, 1.165) is 18.2 Å². The van der Waals surface area contributed by atoms with Crippen LogP contribution in [0.4, 0.5) is 4.79 Å². The summed E-state index contributed by atoms with van der Waals surface area (Å²) in [5, 5.41) is -0.266. The number of nitrogens with zero attached hydrogens (tertiary/aromatic N) is 1. The highest BCUT2D eigenvalue weighted by Gasteiger charge is 2.34. The Morgan fingerprint density at radius 2 is 1.84 bits per heavy atom. The first kappa shape index (κ1) is 23.4. The van der Waals surface area contributed by atoms with Gasteiger partial charge in [-0.05, 0) is 60.9 Å². The van der Waals surface area contributed by atoms with E-state index in [-0.39, 0.29) is 17.8 Å². The van der Waals surface area contributed by atoms with Crippen molar-refractivity contribution in [3.63, 3.8) is 0 Å². The molecule has 32 heavy (non-hydrogen) atoms. The molecular formula is C24H25NO6S. The van der Waals surface area contributed by atoms with Crippen molar-refractivity contribution in [1.82, 2.24) is 4.90 Å². The van der Waals surface area contributed by atoms with Crippen molar-refractivity contribution in [2.75, 3.05) is 26.9 Å². The van der Waals surface area contributed by atoms with Crippen LogP contribution in [0.1, 0.15) is 24.5 Å². The third kappa shape index (κ3) is 6.13. The van der Waals surface area contributed by atoms with E-state index in [1.165, 1.54) is 17.6 Å². The monoisotopic (exact) mass is 455 g/mol. The van der Waals surface area contributed by atoms with Gasteiger partial charge in [0.15, 0.2) is 18.1 Å². The van der Waals surface area contributed by atoms with Crippen LogP contribution in [-0.2, 0) is 20.7 Å². The highest BCUT2D eigenvalue weighted by atomic mass is 32.2. The average Bonchev–Trinajstić information content (AvgIpc) is 3.06. The first-order valence-corrected chi connectivity index (χ1v) is 11.1. The Bertz CT molecular complexity index is 1000. The number of benzene rings is 2. The van der Waals surface area contributed by atoms with E-state index in [9.17, 15) is 14.4 Å².